The Morgan fingerprint density at radius 2 is 1.68 bits per heavy atom. The molecule has 7 heteroatoms. The van der Waals surface area contributed by atoms with Crippen molar-refractivity contribution in [2.45, 2.75) is 75.5 Å². The Morgan fingerprint density at radius 1 is 1.03 bits per heavy atom. The topological polar surface area (TPSA) is 98.0 Å². The van der Waals surface area contributed by atoms with Crippen LogP contribution in [0.4, 0.5) is 0 Å². The van der Waals surface area contributed by atoms with Crippen molar-refractivity contribution in [3.05, 3.63) is 47.2 Å². The van der Waals surface area contributed by atoms with E-state index in [1.807, 2.05) is 30.3 Å². The first-order chi connectivity index (χ1) is 16.6. The third-order valence-electron chi connectivity index (χ3n) is 7.48. The highest BCUT2D eigenvalue weighted by Gasteiger charge is 2.77. The predicted molar refractivity (Wildman–Crippen MR) is 143 cm³/mol. The number of nitrogens with zero attached hydrogens (tertiary/aromatic N) is 3. The van der Waals surface area contributed by atoms with Gasteiger partial charge in [0, 0.05) is 5.70 Å². The number of unbranched alkanes of at least 4 members (excludes halogenated alkanes) is 2. The number of allylic oxidation sites excluding steroid dienone is 1. The molecule has 0 saturated carbocycles. The molecule has 3 atom stereocenters. The molecule has 0 fully saturated rings. The molecular formula is C27H35N5S2. The van der Waals surface area contributed by atoms with E-state index in [0.29, 0.717) is 5.84 Å². The fourth-order valence-electron chi connectivity index (χ4n) is 5.77. The number of thioether (sulfide) groups is 2. The van der Waals surface area contributed by atoms with E-state index in [1.54, 1.807) is 23.5 Å². The lowest BCUT2D eigenvalue weighted by Crippen LogP contribution is -2.62. The van der Waals surface area contributed by atoms with E-state index in [1.165, 1.54) is 0 Å². The molecule has 0 bridgehead atoms. The van der Waals surface area contributed by atoms with Gasteiger partial charge in [-0.15, -0.1) is 23.5 Å². The summed E-state index contributed by atoms with van der Waals surface area (Å²) in [6.45, 7) is 4.36. The van der Waals surface area contributed by atoms with Crippen molar-refractivity contribution < 1.29 is 0 Å². The summed E-state index contributed by atoms with van der Waals surface area (Å²) in [4.78, 5) is 5.16. The zero-order chi connectivity index (χ0) is 24.2. The number of amidine groups is 1. The molecule has 0 aromatic heterocycles. The third-order valence-corrected chi connectivity index (χ3v) is 10.7. The summed E-state index contributed by atoms with van der Waals surface area (Å²) in [5, 5.41) is 25.9. The predicted octanol–water partition coefficient (Wildman–Crippen LogP) is 6.27. The number of nitriles is 2. The van der Waals surface area contributed by atoms with Crippen LogP contribution >= 0.6 is 23.5 Å². The van der Waals surface area contributed by atoms with Crippen LogP contribution in [0.2, 0.25) is 0 Å². The maximum Gasteiger partial charge on any atom is 0.178 e. The first kappa shape index (κ1) is 25.0. The van der Waals surface area contributed by atoms with Gasteiger partial charge in [-0.25, -0.2) is 4.99 Å². The van der Waals surface area contributed by atoms with Gasteiger partial charge in [-0.3, -0.25) is 0 Å². The summed E-state index contributed by atoms with van der Waals surface area (Å²) >= 11 is 3.49. The third kappa shape index (κ3) is 3.55. The molecule has 5 nitrogen and oxygen atoms in total. The smallest absolute Gasteiger partial charge is 0.178 e. The lowest BCUT2D eigenvalue weighted by atomic mass is 9.53. The molecule has 34 heavy (non-hydrogen) atoms. The van der Waals surface area contributed by atoms with Crippen LogP contribution in [-0.4, -0.2) is 21.5 Å². The maximum atomic E-state index is 11.2. The van der Waals surface area contributed by atoms with Crippen molar-refractivity contribution >= 4 is 29.4 Å². The summed E-state index contributed by atoms with van der Waals surface area (Å²) in [6, 6.07) is 15.0. The number of nitrogens with one attached hydrogen (secondary N) is 1. The van der Waals surface area contributed by atoms with Crippen LogP contribution < -0.4 is 11.1 Å². The number of aliphatic imine (C=N–C) groups is 1. The summed E-state index contributed by atoms with van der Waals surface area (Å²) in [6.07, 6.45) is 8.07. The zero-order valence-corrected chi connectivity index (χ0v) is 21.9. The lowest BCUT2D eigenvalue weighted by molar-refractivity contribution is 0.185. The van der Waals surface area contributed by atoms with E-state index in [2.05, 4.69) is 31.3 Å². The van der Waals surface area contributed by atoms with Gasteiger partial charge in [0.2, 0.25) is 0 Å². The van der Waals surface area contributed by atoms with Gasteiger partial charge in [0.05, 0.1) is 18.2 Å². The normalized spacial score (nSPS) is 29.3. The van der Waals surface area contributed by atoms with Crippen molar-refractivity contribution in [1.82, 2.24) is 5.32 Å². The van der Waals surface area contributed by atoms with Gasteiger partial charge in [0.15, 0.2) is 15.0 Å². The lowest BCUT2D eigenvalue weighted by Gasteiger charge is -2.54. The second-order valence-corrected chi connectivity index (χ2v) is 12.3. The molecule has 0 saturated heterocycles. The van der Waals surface area contributed by atoms with Crippen LogP contribution in [0.25, 0.3) is 0 Å². The Morgan fingerprint density at radius 3 is 2.26 bits per heavy atom. The number of rotatable bonds is 9. The average Bonchev–Trinajstić information content (AvgIpc) is 3.10. The molecule has 0 unspecified atom stereocenters. The average molecular weight is 494 g/mol. The molecule has 3 N–H and O–H groups in total. The van der Waals surface area contributed by atoms with E-state index in [4.69, 9.17) is 10.7 Å². The minimum absolute atomic E-state index is 0.308. The van der Waals surface area contributed by atoms with E-state index in [0.717, 1.165) is 79.7 Å². The molecule has 2 aliphatic heterocycles. The van der Waals surface area contributed by atoms with Crippen molar-refractivity contribution in [1.29, 1.82) is 10.5 Å². The maximum absolute atomic E-state index is 11.2. The molecule has 1 aromatic carbocycles. The van der Waals surface area contributed by atoms with Gasteiger partial charge >= 0.3 is 0 Å². The Hall–Kier alpha value is -2.09. The number of hydrogen-bond acceptors (Lipinski definition) is 7. The number of fused-ring (bicyclic) bond motifs is 2. The molecule has 0 radical (unpaired) electrons. The van der Waals surface area contributed by atoms with Gasteiger partial charge in [-0.2, -0.15) is 10.5 Å². The molecule has 4 rings (SSSR count). The minimum Gasteiger partial charge on any atom is -0.386 e. The molecular weight excluding hydrogens is 458 g/mol. The SMILES string of the molecule is CCCCSC1(SCCCC)N=C(N)[C@@]2(C#N)[C@@H](c3ccccc3)NC3=C(CCCC3)[C@]12C#N. The Kier molecular flexibility index (Phi) is 7.55. The van der Waals surface area contributed by atoms with E-state index in [9.17, 15) is 10.5 Å². The van der Waals surface area contributed by atoms with E-state index in [-0.39, 0.29) is 0 Å². The van der Waals surface area contributed by atoms with Gasteiger partial charge in [0.25, 0.3) is 0 Å². The van der Waals surface area contributed by atoms with Gasteiger partial charge in [-0.1, -0.05) is 57.0 Å². The highest BCUT2D eigenvalue weighted by Crippen LogP contribution is 2.72. The van der Waals surface area contributed by atoms with Gasteiger partial charge in [-0.05, 0) is 61.2 Å². The quantitative estimate of drug-likeness (QED) is 0.311. The van der Waals surface area contributed by atoms with Crippen LogP contribution in [0.15, 0.2) is 46.6 Å². The first-order valence-electron chi connectivity index (χ1n) is 12.6. The zero-order valence-electron chi connectivity index (χ0n) is 20.3. The molecule has 1 aliphatic carbocycles. The summed E-state index contributed by atoms with van der Waals surface area (Å²) in [5.41, 5.74) is 7.62. The van der Waals surface area contributed by atoms with Gasteiger partial charge < -0.3 is 11.1 Å². The Balaban J connectivity index is 1.99. The fraction of sp³-hybridized carbons (Fsp3) is 0.593. The van der Waals surface area contributed by atoms with Gasteiger partial charge in [0.1, 0.15) is 5.84 Å². The number of benzene rings is 1. The fourth-order valence-corrected chi connectivity index (χ4v) is 9.44. The number of nitrogens with two attached hydrogens (primary N) is 1. The largest absolute Gasteiger partial charge is 0.386 e. The van der Waals surface area contributed by atoms with E-state index >= 15 is 0 Å². The molecule has 1 aromatic rings. The van der Waals surface area contributed by atoms with E-state index < -0.39 is 21.1 Å². The summed E-state index contributed by atoms with van der Waals surface area (Å²) < 4.78 is -0.820. The molecule has 0 amide bonds. The van der Waals surface area contributed by atoms with Crippen LogP contribution in [0.3, 0.4) is 0 Å². The standard InChI is InChI=1S/C27H35N5S2/c1-3-5-16-33-27(34-17-6-4-2)26(19-29)21-14-10-11-15-22(21)31-23(20-12-8-7-9-13-20)25(26,18-28)24(30)32-27/h7-9,12-13,23,31H,3-6,10-11,14-17H2,1-2H3,(H2,30,32)/t23-,25-,26+/m1/s1. The highest BCUT2D eigenvalue weighted by molar-refractivity contribution is 8.18. The molecule has 3 aliphatic rings. The second-order valence-electron chi connectivity index (χ2n) is 9.42. The van der Waals surface area contributed by atoms with Crippen LogP contribution in [0.1, 0.15) is 76.8 Å². The highest BCUT2D eigenvalue weighted by atomic mass is 32.2. The van der Waals surface area contributed by atoms with Crippen molar-refractivity contribution in [3.8, 4) is 12.1 Å². The molecule has 180 valence electrons. The monoisotopic (exact) mass is 493 g/mol. The minimum atomic E-state index is -1.27. The Labute approximate surface area is 212 Å². The second kappa shape index (κ2) is 10.3. The van der Waals surface area contributed by atoms with Crippen LogP contribution in [-0.2, 0) is 0 Å². The number of hydrogen-bond donors (Lipinski definition) is 2. The van der Waals surface area contributed by atoms with Crippen LogP contribution in [0.5, 0.6) is 0 Å². The first-order valence-corrected chi connectivity index (χ1v) is 14.5. The molecule has 0 spiro atoms. The summed E-state index contributed by atoms with van der Waals surface area (Å²) in [7, 11) is 0. The van der Waals surface area contributed by atoms with Crippen molar-refractivity contribution in [3.63, 3.8) is 0 Å². The molecule has 2 heterocycles. The Bertz CT molecular complexity index is 1030. The van der Waals surface area contributed by atoms with Crippen molar-refractivity contribution in [2.24, 2.45) is 21.6 Å². The summed E-state index contributed by atoms with van der Waals surface area (Å²) in [5.74, 6) is 2.09. The van der Waals surface area contributed by atoms with Crippen molar-refractivity contribution in [2.75, 3.05) is 11.5 Å². The van der Waals surface area contributed by atoms with Crippen LogP contribution in [0, 0.1) is 33.5 Å².